The molecule has 2 rings (SSSR count). The third-order valence-electron chi connectivity index (χ3n) is 3.66. The minimum atomic E-state index is 0. The van der Waals surface area contributed by atoms with Gasteiger partial charge in [-0.05, 0) is 31.2 Å². The molecule has 0 aromatic heterocycles. The number of carbonyl (C=O) groups excluding carboxylic acids is 1. The fourth-order valence-electron chi connectivity index (χ4n) is 2.63. The Kier molecular flexibility index (Phi) is 4.24. The number of halogens is 1. The number of hydrogen-bond donors (Lipinski definition) is 1. The predicted octanol–water partition coefficient (Wildman–Crippen LogP) is 1.81. The van der Waals surface area contributed by atoms with E-state index in [9.17, 15) is 4.79 Å². The van der Waals surface area contributed by atoms with Gasteiger partial charge in [-0.15, -0.1) is 12.4 Å². The second-order valence-electron chi connectivity index (χ2n) is 5.85. The summed E-state index contributed by atoms with van der Waals surface area (Å²) in [6.45, 7) is 8.66. The van der Waals surface area contributed by atoms with Gasteiger partial charge < -0.3 is 10.2 Å². The largest absolute Gasteiger partial charge is 0.338 e. The minimum absolute atomic E-state index is 0. The molecule has 2 heterocycles. The summed E-state index contributed by atoms with van der Waals surface area (Å²) in [6, 6.07) is 0.556. The van der Waals surface area contributed by atoms with Crippen LogP contribution in [0.3, 0.4) is 0 Å². The molecule has 94 valence electrons. The summed E-state index contributed by atoms with van der Waals surface area (Å²) >= 11 is 0. The van der Waals surface area contributed by atoms with Crippen molar-refractivity contribution in [1.29, 1.82) is 0 Å². The number of rotatable bonds is 1. The predicted molar refractivity (Wildman–Crippen MR) is 67.8 cm³/mol. The molecule has 0 aromatic rings. The van der Waals surface area contributed by atoms with E-state index in [2.05, 4.69) is 31.0 Å². The maximum absolute atomic E-state index is 12.1. The van der Waals surface area contributed by atoms with Crippen molar-refractivity contribution in [1.82, 2.24) is 10.2 Å². The van der Waals surface area contributed by atoms with E-state index in [1.165, 1.54) is 12.8 Å². The van der Waals surface area contributed by atoms with Crippen LogP contribution in [0.4, 0.5) is 0 Å². The van der Waals surface area contributed by atoms with E-state index in [0.29, 0.717) is 11.9 Å². The second-order valence-corrected chi connectivity index (χ2v) is 5.85. The Morgan fingerprint density at radius 3 is 2.38 bits per heavy atom. The van der Waals surface area contributed by atoms with Gasteiger partial charge in [0.05, 0.1) is 6.04 Å². The van der Waals surface area contributed by atoms with Crippen molar-refractivity contribution in [3.05, 3.63) is 0 Å². The molecule has 0 aliphatic carbocycles. The monoisotopic (exact) mass is 246 g/mol. The Bertz CT molecular complexity index is 258. The molecular formula is C12H23ClN2O. The fraction of sp³-hybridized carbons (Fsp3) is 0.917. The maximum atomic E-state index is 12.1. The van der Waals surface area contributed by atoms with Crippen LogP contribution in [0.2, 0.25) is 0 Å². The lowest BCUT2D eigenvalue weighted by Gasteiger charge is -2.39. The lowest BCUT2D eigenvalue weighted by molar-refractivity contribution is -0.137. The van der Waals surface area contributed by atoms with Crippen LogP contribution in [0.5, 0.6) is 0 Å². The highest BCUT2D eigenvalue weighted by Gasteiger charge is 2.40. The molecule has 0 radical (unpaired) electrons. The van der Waals surface area contributed by atoms with E-state index in [0.717, 1.165) is 19.5 Å². The number of carbonyl (C=O) groups is 1. The standard InChI is InChI=1S/C12H22N2O.ClH/c1-12(2,3)10-5-4-8-14(10)11(15)9-6-7-13-9;/h9-10,13H,4-8H2,1-3H3;1H/t9-,10?;/m1./s1. The van der Waals surface area contributed by atoms with Crippen LogP contribution in [-0.4, -0.2) is 36.0 Å². The van der Waals surface area contributed by atoms with Gasteiger partial charge in [0.25, 0.3) is 0 Å². The molecule has 0 bridgehead atoms. The van der Waals surface area contributed by atoms with Crippen LogP contribution in [0.1, 0.15) is 40.0 Å². The summed E-state index contributed by atoms with van der Waals surface area (Å²) < 4.78 is 0. The third-order valence-corrected chi connectivity index (χ3v) is 3.66. The average Bonchev–Trinajstić information content (AvgIpc) is 2.45. The number of hydrogen-bond acceptors (Lipinski definition) is 2. The first-order valence-corrected chi connectivity index (χ1v) is 6.04. The van der Waals surface area contributed by atoms with Gasteiger partial charge in [-0.2, -0.15) is 0 Å². The quantitative estimate of drug-likeness (QED) is 0.766. The zero-order chi connectivity index (χ0) is 11.1. The zero-order valence-corrected chi connectivity index (χ0v) is 11.3. The van der Waals surface area contributed by atoms with Crippen molar-refractivity contribution < 1.29 is 4.79 Å². The Balaban J connectivity index is 0.00000128. The number of amides is 1. The van der Waals surface area contributed by atoms with Crippen LogP contribution in [0.25, 0.3) is 0 Å². The molecule has 2 fully saturated rings. The lowest BCUT2D eigenvalue weighted by Crippen LogP contribution is -2.56. The summed E-state index contributed by atoms with van der Waals surface area (Å²) in [5.41, 5.74) is 0.218. The molecule has 2 aliphatic rings. The van der Waals surface area contributed by atoms with Gasteiger partial charge in [0.2, 0.25) is 5.91 Å². The fourth-order valence-corrected chi connectivity index (χ4v) is 2.63. The van der Waals surface area contributed by atoms with Crippen LogP contribution in [0.15, 0.2) is 0 Å². The van der Waals surface area contributed by atoms with Gasteiger partial charge in [-0.25, -0.2) is 0 Å². The highest BCUT2D eigenvalue weighted by molar-refractivity contribution is 5.85. The molecule has 3 nitrogen and oxygen atoms in total. The maximum Gasteiger partial charge on any atom is 0.240 e. The summed E-state index contributed by atoms with van der Waals surface area (Å²) in [4.78, 5) is 14.3. The Morgan fingerprint density at radius 1 is 1.31 bits per heavy atom. The van der Waals surface area contributed by atoms with E-state index < -0.39 is 0 Å². The van der Waals surface area contributed by atoms with Crippen molar-refractivity contribution in [2.24, 2.45) is 5.41 Å². The molecule has 2 saturated heterocycles. The Labute approximate surface area is 104 Å². The van der Waals surface area contributed by atoms with E-state index in [-0.39, 0.29) is 23.9 Å². The van der Waals surface area contributed by atoms with Crippen LogP contribution in [0, 0.1) is 5.41 Å². The molecule has 2 aliphatic heterocycles. The molecule has 0 aromatic carbocycles. The van der Waals surface area contributed by atoms with Gasteiger partial charge in [0, 0.05) is 12.6 Å². The van der Waals surface area contributed by atoms with Gasteiger partial charge in [0.15, 0.2) is 0 Å². The zero-order valence-electron chi connectivity index (χ0n) is 10.5. The van der Waals surface area contributed by atoms with Crippen LogP contribution < -0.4 is 5.32 Å². The van der Waals surface area contributed by atoms with Crippen LogP contribution >= 0.6 is 12.4 Å². The second kappa shape index (κ2) is 4.92. The molecule has 16 heavy (non-hydrogen) atoms. The SMILES string of the molecule is CC(C)(C)C1CCCN1C(=O)[C@H]1CCN1.Cl. The van der Waals surface area contributed by atoms with Gasteiger partial charge in [-0.1, -0.05) is 20.8 Å². The summed E-state index contributed by atoms with van der Waals surface area (Å²) in [6.07, 6.45) is 3.36. The van der Waals surface area contributed by atoms with Crippen molar-refractivity contribution in [2.45, 2.75) is 52.1 Å². The summed E-state index contributed by atoms with van der Waals surface area (Å²) in [5, 5.41) is 3.20. The summed E-state index contributed by atoms with van der Waals surface area (Å²) in [7, 11) is 0. The van der Waals surface area contributed by atoms with E-state index in [4.69, 9.17) is 0 Å². The molecule has 4 heteroatoms. The average molecular weight is 247 g/mol. The Morgan fingerprint density at radius 2 is 1.94 bits per heavy atom. The van der Waals surface area contributed by atoms with Gasteiger partial charge >= 0.3 is 0 Å². The minimum Gasteiger partial charge on any atom is -0.338 e. The molecule has 0 spiro atoms. The smallest absolute Gasteiger partial charge is 0.240 e. The topological polar surface area (TPSA) is 32.3 Å². The van der Waals surface area contributed by atoms with Crippen molar-refractivity contribution >= 4 is 18.3 Å². The third kappa shape index (κ3) is 2.51. The number of nitrogens with one attached hydrogen (secondary N) is 1. The van der Waals surface area contributed by atoms with Gasteiger partial charge in [-0.3, -0.25) is 4.79 Å². The molecule has 1 N–H and O–H groups in total. The number of likely N-dealkylation sites (tertiary alicyclic amines) is 1. The Hall–Kier alpha value is -0.280. The first-order valence-electron chi connectivity index (χ1n) is 6.04. The molecule has 1 amide bonds. The molecule has 1 unspecified atom stereocenters. The van der Waals surface area contributed by atoms with E-state index in [1.807, 2.05) is 0 Å². The lowest BCUT2D eigenvalue weighted by atomic mass is 9.85. The van der Waals surface area contributed by atoms with Gasteiger partial charge in [0.1, 0.15) is 0 Å². The normalized spacial score (nSPS) is 29.6. The first-order chi connectivity index (χ1) is 7.00. The van der Waals surface area contributed by atoms with E-state index in [1.54, 1.807) is 0 Å². The molecule has 2 atom stereocenters. The van der Waals surface area contributed by atoms with E-state index >= 15 is 0 Å². The first kappa shape index (κ1) is 13.8. The summed E-state index contributed by atoms with van der Waals surface area (Å²) in [5.74, 6) is 0.332. The number of nitrogens with zero attached hydrogens (tertiary/aromatic N) is 1. The molecular weight excluding hydrogens is 224 g/mol. The van der Waals surface area contributed by atoms with Crippen molar-refractivity contribution in [3.63, 3.8) is 0 Å². The van der Waals surface area contributed by atoms with Crippen molar-refractivity contribution in [3.8, 4) is 0 Å². The molecule has 0 saturated carbocycles. The highest BCUT2D eigenvalue weighted by atomic mass is 35.5. The van der Waals surface area contributed by atoms with Crippen LogP contribution in [-0.2, 0) is 4.79 Å². The van der Waals surface area contributed by atoms with Crippen molar-refractivity contribution in [2.75, 3.05) is 13.1 Å². The highest BCUT2D eigenvalue weighted by Crippen LogP contribution is 2.33.